The number of carbonyl (C=O) groups excluding carboxylic acids is 1. The number of hydrogen-bond acceptors (Lipinski definition) is 8. The van der Waals surface area contributed by atoms with Crippen LogP contribution in [-0.4, -0.2) is 18.7 Å². The molecule has 4 aromatic carbocycles. The minimum atomic E-state index is -0.573. The lowest BCUT2D eigenvalue weighted by Gasteiger charge is -2.27. The van der Waals surface area contributed by atoms with Crippen LogP contribution in [0.3, 0.4) is 0 Å². The van der Waals surface area contributed by atoms with Gasteiger partial charge >= 0.3 is 5.97 Å². The van der Waals surface area contributed by atoms with Gasteiger partial charge in [-0.2, -0.15) is 5.26 Å². The van der Waals surface area contributed by atoms with E-state index in [1.54, 1.807) is 66.7 Å². The summed E-state index contributed by atoms with van der Waals surface area (Å²) in [6.45, 7) is 6.30. The van der Waals surface area contributed by atoms with Gasteiger partial charge in [0.15, 0.2) is 11.5 Å². The number of nitrogens with two attached hydrogens (primary N) is 1. The molecule has 10 heteroatoms. The van der Waals surface area contributed by atoms with E-state index in [-0.39, 0.29) is 29.9 Å². The molecule has 0 radical (unpaired) electrons. The lowest BCUT2D eigenvalue weighted by molar-refractivity contribution is 0.0734. The third kappa shape index (κ3) is 7.28. The van der Waals surface area contributed by atoms with E-state index in [0.717, 1.165) is 11.1 Å². The first kappa shape index (κ1) is 31.6. The van der Waals surface area contributed by atoms with Gasteiger partial charge in [-0.1, -0.05) is 41.4 Å². The number of hydrogen-bond donors (Lipinski definition) is 1. The van der Waals surface area contributed by atoms with Crippen LogP contribution in [0.5, 0.6) is 28.7 Å². The summed E-state index contributed by atoms with van der Waals surface area (Å²) in [5.74, 6) is 1.09. The van der Waals surface area contributed by atoms with Crippen molar-refractivity contribution in [2.45, 2.75) is 39.4 Å². The van der Waals surface area contributed by atoms with Gasteiger partial charge < -0.3 is 29.4 Å². The van der Waals surface area contributed by atoms with Crippen LogP contribution in [0.4, 0.5) is 0 Å². The number of nitrogens with zero attached hydrogens (tertiary/aromatic N) is 1. The lowest BCUT2D eigenvalue weighted by atomic mass is 9.83. The maximum atomic E-state index is 12.9. The molecule has 0 aromatic heterocycles. The number of benzene rings is 4. The molecule has 0 saturated heterocycles. The first-order valence-corrected chi connectivity index (χ1v) is 15.0. The van der Waals surface area contributed by atoms with E-state index >= 15 is 0 Å². The summed E-state index contributed by atoms with van der Waals surface area (Å²) in [6, 6.07) is 24.5. The molecule has 5 rings (SSSR count). The molecule has 1 aliphatic rings. The number of fused-ring (bicyclic) bond motifs is 1. The summed E-state index contributed by atoms with van der Waals surface area (Å²) in [4.78, 5) is 12.9. The second-order valence-electron chi connectivity index (χ2n) is 10.4. The minimum absolute atomic E-state index is 0.0157. The van der Waals surface area contributed by atoms with Crippen LogP contribution in [0.15, 0.2) is 90.3 Å². The molecule has 0 spiro atoms. The van der Waals surface area contributed by atoms with Crippen molar-refractivity contribution in [3.05, 3.63) is 123 Å². The number of nitriles is 1. The van der Waals surface area contributed by atoms with Crippen molar-refractivity contribution in [3.63, 3.8) is 0 Å². The number of allylic oxidation sites excluding steroid dienone is 1. The van der Waals surface area contributed by atoms with Crippen LogP contribution >= 0.6 is 23.2 Å². The van der Waals surface area contributed by atoms with Crippen LogP contribution in [0, 0.1) is 11.3 Å². The highest BCUT2D eigenvalue weighted by atomic mass is 35.5. The smallest absolute Gasteiger partial charge is 0.343 e. The van der Waals surface area contributed by atoms with Crippen molar-refractivity contribution >= 4 is 29.2 Å². The average Bonchev–Trinajstić information content (AvgIpc) is 3.00. The second kappa shape index (κ2) is 13.9. The largest absolute Gasteiger partial charge is 0.491 e. The second-order valence-corrected chi connectivity index (χ2v) is 11.2. The van der Waals surface area contributed by atoms with Crippen molar-refractivity contribution in [2.75, 3.05) is 6.61 Å². The van der Waals surface area contributed by atoms with Crippen LogP contribution in [0.1, 0.15) is 53.7 Å². The maximum Gasteiger partial charge on any atom is 0.343 e. The molecule has 0 aliphatic carbocycles. The number of carbonyl (C=O) groups is 1. The fourth-order valence-corrected chi connectivity index (χ4v) is 5.30. The zero-order valence-corrected chi connectivity index (χ0v) is 26.3. The van der Waals surface area contributed by atoms with Crippen molar-refractivity contribution in [2.24, 2.45) is 5.73 Å². The van der Waals surface area contributed by atoms with Gasteiger partial charge in [0.25, 0.3) is 0 Å². The van der Waals surface area contributed by atoms with Crippen LogP contribution in [0.2, 0.25) is 10.0 Å². The van der Waals surface area contributed by atoms with Gasteiger partial charge in [0.05, 0.1) is 24.2 Å². The predicted octanol–water partition coefficient (Wildman–Crippen LogP) is 8.20. The molecule has 2 N–H and O–H groups in total. The molecule has 0 bridgehead atoms. The Balaban J connectivity index is 1.40. The van der Waals surface area contributed by atoms with Gasteiger partial charge in [0, 0.05) is 27.2 Å². The van der Waals surface area contributed by atoms with Gasteiger partial charge in [-0.15, -0.1) is 0 Å². The van der Waals surface area contributed by atoms with Gasteiger partial charge in [-0.3, -0.25) is 0 Å². The Morgan fingerprint density at radius 2 is 1.71 bits per heavy atom. The highest BCUT2D eigenvalue weighted by molar-refractivity contribution is 6.35. The Labute approximate surface area is 271 Å². The van der Waals surface area contributed by atoms with Crippen molar-refractivity contribution in [3.8, 4) is 34.8 Å². The average molecular weight is 646 g/mol. The topological polar surface area (TPSA) is 113 Å². The molecule has 0 saturated carbocycles. The number of halogens is 2. The molecule has 0 fully saturated rings. The van der Waals surface area contributed by atoms with E-state index in [0.29, 0.717) is 50.8 Å². The van der Waals surface area contributed by atoms with E-state index < -0.39 is 11.9 Å². The standard InChI is InChI=1S/C35H30Cl2N2O6/c1-4-41-32-15-22(8-14-30(32)42-19-23-5-9-24(36)16-29(23)37)33-27-13-12-26(17-31(27)45-34(39)28(33)18-38)44-35(40)21-6-10-25(11-7-21)43-20(2)3/h5-17,20,33H,4,19,39H2,1-3H3. The molecule has 45 heavy (non-hydrogen) atoms. The quantitative estimate of drug-likeness (QED) is 0.136. The first-order valence-electron chi connectivity index (χ1n) is 14.2. The third-order valence-corrected chi connectivity index (χ3v) is 7.45. The third-order valence-electron chi connectivity index (χ3n) is 6.86. The summed E-state index contributed by atoms with van der Waals surface area (Å²) >= 11 is 12.3. The van der Waals surface area contributed by atoms with Gasteiger partial charge in [0.2, 0.25) is 5.88 Å². The summed E-state index contributed by atoms with van der Waals surface area (Å²) < 4.78 is 29.1. The molecule has 1 aliphatic heterocycles. The Hall–Kier alpha value is -4.84. The molecular weight excluding hydrogens is 615 g/mol. The molecule has 0 amide bonds. The van der Waals surface area contributed by atoms with Crippen LogP contribution < -0.4 is 29.4 Å². The van der Waals surface area contributed by atoms with E-state index in [2.05, 4.69) is 6.07 Å². The Morgan fingerprint density at radius 3 is 2.40 bits per heavy atom. The van der Waals surface area contributed by atoms with Gasteiger partial charge in [-0.25, -0.2) is 4.79 Å². The Kier molecular flexibility index (Phi) is 9.72. The zero-order chi connectivity index (χ0) is 32.1. The Bertz CT molecular complexity index is 1800. The van der Waals surface area contributed by atoms with Crippen molar-refractivity contribution < 1.29 is 28.5 Å². The fourth-order valence-electron chi connectivity index (χ4n) is 4.84. The summed E-state index contributed by atoms with van der Waals surface area (Å²) in [6.07, 6.45) is 0.0157. The van der Waals surface area contributed by atoms with E-state index in [1.165, 1.54) is 0 Å². The molecule has 1 heterocycles. The van der Waals surface area contributed by atoms with E-state index in [4.69, 9.17) is 52.6 Å². The predicted molar refractivity (Wildman–Crippen MR) is 171 cm³/mol. The van der Waals surface area contributed by atoms with Crippen LogP contribution in [0.25, 0.3) is 0 Å². The van der Waals surface area contributed by atoms with E-state index in [1.807, 2.05) is 32.9 Å². The summed E-state index contributed by atoms with van der Waals surface area (Å²) in [7, 11) is 0. The molecule has 230 valence electrons. The molecule has 4 aromatic rings. The molecular formula is C35H30Cl2N2O6. The SMILES string of the molecule is CCOc1cc(C2C(C#N)=C(N)Oc3cc(OC(=O)c4ccc(OC(C)C)cc4)ccc32)ccc1OCc1ccc(Cl)cc1Cl. The number of esters is 1. The zero-order valence-electron chi connectivity index (χ0n) is 24.8. The molecule has 1 unspecified atom stereocenters. The highest BCUT2D eigenvalue weighted by Gasteiger charge is 2.32. The van der Waals surface area contributed by atoms with Gasteiger partial charge in [-0.05, 0) is 80.9 Å². The normalized spacial score (nSPS) is 13.8. The summed E-state index contributed by atoms with van der Waals surface area (Å²) in [5.41, 5.74) is 8.98. The number of ether oxygens (including phenoxy) is 5. The Morgan fingerprint density at radius 1 is 0.956 bits per heavy atom. The first-order chi connectivity index (χ1) is 21.7. The fraction of sp³-hybridized carbons (Fsp3) is 0.200. The number of rotatable bonds is 10. The minimum Gasteiger partial charge on any atom is -0.491 e. The van der Waals surface area contributed by atoms with Crippen molar-refractivity contribution in [1.82, 2.24) is 0 Å². The molecule has 8 nitrogen and oxygen atoms in total. The van der Waals surface area contributed by atoms with Crippen LogP contribution in [-0.2, 0) is 6.61 Å². The maximum absolute atomic E-state index is 12.9. The monoisotopic (exact) mass is 644 g/mol. The summed E-state index contributed by atoms with van der Waals surface area (Å²) in [5, 5.41) is 11.1. The van der Waals surface area contributed by atoms with E-state index in [9.17, 15) is 10.1 Å². The van der Waals surface area contributed by atoms with Gasteiger partial charge in [0.1, 0.15) is 35.5 Å². The molecule has 1 atom stereocenters. The highest BCUT2D eigenvalue weighted by Crippen LogP contribution is 2.45. The van der Waals surface area contributed by atoms with Crippen molar-refractivity contribution in [1.29, 1.82) is 5.26 Å². The lowest BCUT2D eigenvalue weighted by Crippen LogP contribution is -2.21.